The number of aromatic amines is 1. The number of rotatable bonds is 5. The molecular formula is C22H30ClN5O2. The van der Waals surface area contributed by atoms with Gasteiger partial charge in [-0.15, -0.1) is 12.4 Å². The number of carbonyl (C=O) groups is 2. The van der Waals surface area contributed by atoms with Gasteiger partial charge in [0.15, 0.2) is 0 Å². The smallest absolute Gasteiger partial charge is 0.271 e. The van der Waals surface area contributed by atoms with Crippen molar-refractivity contribution in [3.05, 3.63) is 41.6 Å². The highest BCUT2D eigenvalue weighted by atomic mass is 35.5. The maximum absolute atomic E-state index is 12.9. The first kappa shape index (κ1) is 22.3. The fourth-order valence-electron chi connectivity index (χ4n) is 4.17. The van der Waals surface area contributed by atoms with Crippen molar-refractivity contribution in [2.24, 2.45) is 5.92 Å². The Morgan fingerprint density at radius 3 is 2.73 bits per heavy atom. The first-order valence-electron chi connectivity index (χ1n) is 10.5. The molecule has 2 fully saturated rings. The van der Waals surface area contributed by atoms with Gasteiger partial charge in [-0.1, -0.05) is 29.8 Å². The van der Waals surface area contributed by atoms with Crippen molar-refractivity contribution in [1.82, 2.24) is 25.7 Å². The maximum atomic E-state index is 12.9. The number of H-pyrrole nitrogens is 1. The molecule has 7 nitrogen and oxygen atoms in total. The molecular weight excluding hydrogens is 402 g/mol. The van der Waals surface area contributed by atoms with Gasteiger partial charge in [0.1, 0.15) is 5.69 Å². The summed E-state index contributed by atoms with van der Waals surface area (Å²) in [5.41, 5.74) is 3.47. The summed E-state index contributed by atoms with van der Waals surface area (Å²) >= 11 is 0. The molecule has 2 aliphatic rings. The number of hydrogen-bond donors (Lipinski definition) is 3. The van der Waals surface area contributed by atoms with Crippen LogP contribution in [0.5, 0.6) is 0 Å². The molecule has 0 radical (unpaired) electrons. The summed E-state index contributed by atoms with van der Waals surface area (Å²) in [6.45, 7) is 4.99. The lowest BCUT2D eigenvalue weighted by Crippen LogP contribution is -2.46. The molecule has 1 aromatic carbocycles. The number of hydrogen-bond acceptors (Lipinski definition) is 4. The highest BCUT2D eigenvalue weighted by Crippen LogP contribution is 2.21. The first-order valence-corrected chi connectivity index (χ1v) is 10.5. The summed E-state index contributed by atoms with van der Waals surface area (Å²) < 4.78 is 0. The maximum Gasteiger partial charge on any atom is 0.271 e. The van der Waals surface area contributed by atoms with Crippen molar-refractivity contribution < 1.29 is 9.59 Å². The zero-order valence-electron chi connectivity index (χ0n) is 17.3. The molecule has 1 aromatic heterocycles. The Morgan fingerprint density at radius 2 is 2.00 bits per heavy atom. The second-order valence-electron chi connectivity index (χ2n) is 8.19. The third-order valence-corrected chi connectivity index (χ3v) is 5.90. The van der Waals surface area contributed by atoms with E-state index < -0.39 is 0 Å². The van der Waals surface area contributed by atoms with E-state index in [-0.39, 0.29) is 36.2 Å². The summed E-state index contributed by atoms with van der Waals surface area (Å²) in [6, 6.07) is 9.87. The number of aromatic nitrogens is 2. The number of nitrogens with one attached hydrogen (secondary N) is 3. The predicted molar refractivity (Wildman–Crippen MR) is 119 cm³/mol. The van der Waals surface area contributed by atoms with E-state index in [1.165, 1.54) is 5.56 Å². The van der Waals surface area contributed by atoms with Gasteiger partial charge in [-0.2, -0.15) is 5.10 Å². The second kappa shape index (κ2) is 10.1. The molecule has 2 unspecified atom stereocenters. The molecule has 2 atom stereocenters. The molecule has 0 saturated carbocycles. The zero-order chi connectivity index (χ0) is 20.2. The zero-order valence-corrected chi connectivity index (χ0v) is 18.1. The van der Waals surface area contributed by atoms with Crippen LogP contribution in [0.4, 0.5) is 0 Å². The Morgan fingerprint density at radius 1 is 1.20 bits per heavy atom. The fourth-order valence-corrected chi connectivity index (χ4v) is 4.17. The van der Waals surface area contributed by atoms with E-state index in [1.54, 1.807) is 0 Å². The second-order valence-corrected chi connectivity index (χ2v) is 8.19. The lowest BCUT2D eigenvalue weighted by Gasteiger charge is -2.32. The van der Waals surface area contributed by atoms with Gasteiger partial charge < -0.3 is 15.5 Å². The van der Waals surface area contributed by atoms with E-state index in [4.69, 9.17) is 0 Å². The predicted octanol–water partition coefficient (Wildman–Crippen LogP) is 2.53. The van der Waals surface area contributed by atoms with Gasteiger partial charge in [0.05, 0.1) is 11.7 Å². The molecule has 8 heteroatoms. The molecule has 162 valence electrons. The summed E-state index contributed by atoms with van der Waals surface area (Å²) in [7, 11) is 0. The average molecular weight is 432 g/mol. The molecule has 3 heterocycles. The summed E-state index contributed by atoms with van der Waals surface area (Å²) in [5, 5.41) is 13.5. The van der Waals surface area contributed by atoms with Gasteiger partial charge in [0, 0.05) is 25.2 Å². The Kier molecular flexibility index (Phi) is 7.50. The van der Waals surface area contributed by atoms with Crippen molar-refractivity contribution in [2.75, 3.05) is 26.2 Å². The molecule has 2 saturated heterocycles. The lowest BCUT2D eigenvalue weighted by molar-refractivity contribution is -0.123. The van der Waals surface area contributed by atoms with E-state index in [0.29, 0.717) is 18.8 Å². The van der Waals surface area contributed by atoms with E-state index >= 15 is 0 Å². The molecule has 2 amide bonds. The van der Waals surface area contributed by atoms with Crippen LogP contribution >= 0.6 is 12.4 Å². The molecule has 0 aliphatic carbocycles. The quantitative estimate of drug-likeness (QED) is 0.678. The van der Waals surface area contributed by atoms with Crippen LogP contribution < -0.4 is 10.6 Å². The molecule has 3 N–H and O–H groups in total. The number of benzene rings is 1. The Balaban J connectivity index is 0.00000256. The summed E-state index contributed by atoms with van der Waals surface area (Å²) in [6.07, 6.45) is 3.94. The molecule has 4 rings (SSSR count). The van der Waals surface area contributed by atoms with Gasteiger partial charge >= 0.3 is 0 Å². The van der Waals surface area contributed by atoms with Crippen molar-refractivity contribution >= 4 is 24.2 Å². The van der Waals surface area contributed by atoms with Gasteiger partial charge in [0.25, 0.3) is 5.91 Å². The van der Waals surface area contributed by atoms with Crippen LogP contribution in [0.3, 0.4) is 0 Å². The van der Waals surface area contributed by atoms with Crippen molar-refractivity contribution in [2.45, 2.75) is 38.6 Å². The fraction of sp³-hybridized carbons (Fsp3) is 0.500. The van der Waals surface area contributed by atoms with E-state index in [0.717, 1.165) is 50.0 Å². The number of aryl methyl sites for hydroxylation is 1. The average Bonchev–Trinajstić information content (AvgIpc) is 3.45. The topological polar surface area (TPSA) is 90.1 Å². The number of carbonyl (C=O) groups excluding carboxylic acids is 2. The van der Waals surface area contributed by atoms with Crippen LogP contribution in [0.15, 0.2) is 30.3 Å². The minimum absolute atomic E-state index is 0. The lowest BCUT2D eigenvalue weighted by atomic mass is 9.97. The van der Waals surface area contributed by atoms with E-state index in [9.17, 15) is 9.59 Å². The number of nitrogens with zero attached hydrogens (tertiary/aromatic N) is 2. The third-order valence-electron chi connectivity index (χ3n) is 5.90. The molecule has 0 bridgehead atoms. The van der Waals surface area contributed by atoms with Gasteiger partial charge in [-0.05, 0) is 51.1 Å². The molecule has 0 spiro atoms. The van der Waals surface area contributed by atoms with Crippen LogP contribution in [0, 0.1) is 12.8 Å². The summed E-state index contributed by atoms with van der Waals surface area (Å²) in [4.78, 5) is 27.0. The van der Waals surface area contributed by atoms with Crippen molar-refractivity contribution in [3.63, 3.8) is 0 Å². The van der Waals surface area contributed by atoms with Crippen molar-refractivity contribution in [1.29, 1.82) is 0 Å². The highest BCUT2D eigenvalue weighted by Gasteiger charge is 2.27. The minimum atomic E-state index is -0.0542. The summed E-state index contributed by atoms with van der Waals surface area (Å²) in [5.74, 6) is 0.351. The number of amides is 2. The van der Waals surface area contributed by atoms with Crippen LogP contribution in [0.2, 0.25) is 0 Å². The van der Waals surface area contributed by atoms with E-state index in [2.05, 4.69) is 20.8 Å². The van der Waals surface area contributed by atoms with Gasteiger partial charge in [0.2, 0.25) is 5.91 Å². The largest absolute Gasteiger partial charge is 0.354 e. The Bertz CT molecular complexity index is 861. The first-order chi connectivity index (χ1) is 14.1. The molecule has 30 heavy (non-hydrogen) atoms. The molecule has 2 aromatic rings. The van der Waals surface area contributed by atoms with Crippen LogP contribution in [-0.4, -0.2) is 59.1 Å². The molecule has 2 aliphatic heterocycles. The third kappa shape index (κ3) is 5.21. The Hall–Kier alpha value is -2.38. The van der Waals surface area contributed by atoms with E-state index in [1.807, 2.05) is 42.2 Å². The minimum Gasteiger partial charge on any atom is -0.354 e. The highest BCUT2D eigenvalue weighted by molar-refractivity contribution is 5.93. The monoisotopic (exact) mass is 431 g/mol. The standard InChI is InChI=1S/C22H29N5O2.ClH/c1-15-6-8-17(9-7-15)19-12-20(26-25-19)22(29)27-11-3-4-16(14-27)13-24-21(28)18-5-2-10-23-18;/h6-9,12,16,18,23H,2-5,10-11,13-14H2,1H3,(H,24,28)(H,25,26);1H. The number of halogens is 1. The Labute approximate surface area is 183 Å². The van der Waals surface area contributed by atoms with Gasteiger partial charge in [-0.25, -0.2) is 0 Å². The SMILES string of the molecule is Cc1ccc(-c2cc(C(=O)N3CCCC(CNC(=O)C4CCCN4)C3)[nH]n2)cc1.Cl. The van der Waals surface area contributed by atoms with Gasteiger partial charge in [-0.3, -0.25) is 14.7 Å². The normalized spacial score (nSPS) is 21.2. The van der Waals surface area contributed by atoms with Crippen LogP contribution in [0.25, 0.3) is 11.3 Å². The number of piperidine rings is 1. The number of likely N-dealkylation sites (tertiary alicyclic amines) is 1. The van der Waals surface area contributed by atoms with Crippen LogP contribution in [-0.2, 0) is 4.79 Å². The van der Waals surface area contributed by atoms with Crippen LogP contribution in [0.1, 0.15) is 41.7 Å². The van der Waals surface area contributed by atoms with Crippen molar-refractivity contribution in [3.8, 4) is 11.3 Å².